The Morgan fingerprint density at radius 1 is 0.763 bits per heavy atom. The molecule has 0 N–H and O–H groups in total. The van der Waals surface area contributed by atoms with Crippen LogP contribution in [0.25, 0.3) is 0 Å². The van der Waals surface area contributed by atoms with Crippen molar-refractivity contribution >= 4 is 0 Å². The van der Waals surface area contributed by atoms with E-state index in [1.807, 2.05) is 6.08 Å². The summed E-state index contributed by atoms with van der Waals surface area (Å²) in [7, 11) is 0. The topological polar surface area (TPSA) is 23.8 Å². The summed E-state index contributed by atoms with van der Waals surface area (Å²) >= 11 is 0. The Kier molecular flexibility index (Phi) is 14.9. The van der Waals surface area contributed by atoms with Gasteiger partial charge in [-0.2, -0.15) is 9.65 Å². The molecule has 2 heteroatoms. The number of nitriles is 1. The zero-order valence-corrected chi connectivity index (χ0v) is 24.3. The standard InChI is InChI=1S/C36H54FN/c1-2-3-4-5-7-12-30-17-19-31(20-18-30)14-10-11-15-33-23-27-35(28-24-33)34-25-21-32(22-26-34)13-8-6-9-16-36(37)29-38/h6,9,16-20,32-35H,2-5,7-8,10-15,21-28H2,1H3/b9-6+,36-16-/t32?,33-,34?,35-. The first-order valence-corrected chi connectivity index (χ1v) is 16.2. The smallest absolute Gasteiger partial charge is 0.195 e. The second-order valence-corrected chi connectivity index (χ2v) is 12.4. The number of allylic oxidation sites excluding steroid dienone is 4. The van der Waals surface area contributed by atoms with Crippen LogP contribution in [0.2, 0.25) is 0 Å². The maximum absolute atomic E-state index is 12.8. The highest BCUT2D eigenvalue weighted by Crippen LogP contribution is 2.43. The maximum Gasteiger partial charge on any atom is 0.199 e. The summed E-state index contributed by atoms with van der Waals surface area (Å²) in [5.74, 6) is 3.06. The lowest BCUT2D eigenvalue weighted by Gasteiger charge is -2.38. The van der Waals surface area contributed by atoms with E-state index in [4.69, 9.17) is 5.26 Å². The predicted molar refractivity (Wildman–Crippen MR) is 161 cm³/mol. The van der Waals surface area contributed by atoms with Gasteiger partial charge in [0, 0.05) is 0 Å². The number of nitrogens with zero attached hydrogens (tertiary/aromatic N) is 1. The number of unbranched alkanes of at least 4 members (excludes halogenated alkanes) is 5. The molecule has 0 unspecified atom stereocenters. The van der Waals surface area contributed by atoms with Crippen molar-refractivity contribution in [3.8, 4) is 6.07 Å². The van der Waals surface area contributed by atoms with Crippen molar-refractivity contribution in [1.82, 2.24) is 0 Å². The summed E-state index contributed by atoms with van der Waals surface area (Å²) < 4.78 is 12.8. The molecule has 0 amide bonds. The minimum atomic E-state index is -0.708. The third-order valence-electron chi connectivity index (χ3n) is 9.60. The van der Waals surface area contributed by atoms with E-state index in [1.165, 1.54) is 145 Å². The van der Waals surface area contributed by atoms with Crippen molar-refractivity contribution in [2.24, 2.45) is 23.7 Å². The normalized spacial score (nSPS) is 24.5. The van der Waals surface area contributed by atoms with Gasteiger partial charge in [0.25, 0.3) is 0 Å². The number of halogens is 1. The van der Waals surface area contributed by atoms with Gasteiger partial charge in [-0.25, -0.2) is 0 Å². The van der Waals surface area contributed by atoms with Crippen LogP contribution in [-0.4, -0.2) is 0 Å². The average molecular weight is 520 g/mol. The van der Waals surface area contributed by atoms with Gasteiger partial charge in [0.15, 0.2) is 5.83 Å². The van der Waals surface area contributed by atoms with Gasteiger partial charge < -0.3 is 0 Å². The molecule has 0 radical (unpaired) electrons. The van der Waals surface area contributed by atoms with E-state index in [-0.39, 0.29) is 0 Å². The second kappa shape index (κ2) is 18.4. The molecule has 1 nitrogen and oxygen atoms in total. The van der Waals surface area contributed by atoms with Crippen LogP contribution in [-0.2, 0) is 12.8 Å². The molecule has 2 aliphatic rings. The first kappa shape index (κ1) is 30.7. The van der Waals surface area contributed by atoms with Gasteiger partial charge >= 0.3 is 0 Å². The third-order valence-corrected chi connectivity index (χ3v) is 9.60. The molecule has 38 heavy (non-hydrogen) atoms. The van der Waals surface area contributed by atoms with Gasteiger partial charge in [-0.05, 0) is 105 Å². The fourth-order valence-corrected chi connectivity index (χ4v) is 7.08. The Balaban J connectivity index is 1.21. The van der Waals surface area contributed by atoms with Crippen molar-refractivity contribution in [3.05, 3.63) is 59.4 Å². The maximum atomic E-state index is 12.8. The molecule has 0 spiro atoms. The lowest BCUT2D eigenvalue weighted by atomic mass is 9.68. The van der Waals surface area contributed by atoms with Crippen molar-refractivity contribution in [3.63, 3.8) is 0 Å². The van der Waals surface area contributed by atoms with E-state index in [0.29, 0.717) is 0 Å². The van der Waals surface area contributed by atoms with E-state index in [0.717, 1.165) is 30.1 Å². The second-order valence-electron chi connectivity index (χ2n) is 12.4. The lowest BCUT2D eigenvalue weighted by Crippen LogP contribution is -2.25. The SMILES string of the molecule is CCCCCCCc1ccc(CCCC[C@H]2CC[C@H](C3CCC(CC/C=C/C=C(\F)C#N)CC3)CC2)cc1. The first-order chi connectivity index (χ1) is 18.7. The Morgan fingerprint density at radius 2 is 1.29 bits per heavy atom. The minimum absolute atomic E-state index is 0.708. The molecule has 1 aromatic rings. The number of benzene rings is 1. The summed E-state index contributed by atoms with van der Waals surface area (Å²) in [4.78, 5) is 0. The molecular weight excluding hydrogens is 465 g/mol. The molecule has 1 aromatic carbocycles. The van der Waals surface area contributed by atoms with Gasteiger partial charge in [0.1, 0.15) is 6.07 Å². The summed E-state index contributed by atoms with van der Waals surface area (Å²) in [5, 5.41) is 8.44. The predicted octanol–water partition coefficient (Wildman–Crippen LogP) is 11.2. The largest absolute Gasteiger partial charge is 0.199 e. The third kappa shape index (κ3) is 11.9. The fraction of sp³-hybridized carbons (Fsp3) is 0.694. The van der Waals surface area contributed by atoms with Crippen LogP contribution in [0.4, 0.5) is 4.39 Å². The first-order valence-electron chi connectivity index (χ1n) is 16.2. The summed E-state index contributed by atoms with van der Waals surface area (Å²) in [6.07, 6.45) is 32.2. The molecule has 0 bridgehead atoms. The molecule has 3 rings (SSSR count). The fourth-order valence-electron chi connectivity index (χ4n) is 7.08. The molecule has 0 heterocycles. The Hall–Kier alpha value is -1.88. The summed E-state index contributed by atoms with van der Waals surface area (Å²) in [6, 6.07) is 11.0. The van der Waals surface area contributed by atoms with Crippen molar-refractivity contribution in [2.45, 2.75) is 135 Å². The molecular formula is C36H54FN. The number of rotatable bonds is 16. The van der Waals surface area contributed by atoms with Crippen molar-refractivity contribution < 1.29 is 4.39 Å². The highest BCUT2D eigenvalue weighted by molar-refractivity contribution is 5.22. The quantitative estimate of drug-likeness (QED) is 0.121. The van der Waals surface area contributed by atoms with Gasteiger partial charge in [-0.15, -0.1) is 0 Å². The highest BCUT2D eigenvalue weighted by Gasteiger charge is 2.30. The monoisotopic (exact) mass is 519 g/mol. The van der Waals surface area contributed by atoms with Crippen LogP contribution in [0.3, 0.4) is 0 Å². The Bertz CT molecular complexity index is 844. The van der Waals surface area contributed by atoms with Crippen molar-refractivity contribution in [1.29, 1.82) is 5.26 Å². The van der Waals surface area contributed by atoms with Crippen LogP contribution in [0, 0.1) is 35.0 Å². The van der Waals surface area contributed by atoms with Crippen LogP contribution in [0.5, 0.6) is 0 Å². The molecule has 2 aliphatic carbocycles. The van der Waals surface area contributed by atoms with Gasteiger partial charge in [0.2, 0.25) is 0 Å². The van der Waals surface area contributed by atoms with E-state index in [9.17, 15) is 4.39 Å². The van der Waals surface area contributed by atoms with Crippen LogP contribution in [0.1, 0.15) is 134 Å². The molecule has 0 aromatic heterocycles. The van der Waals surface area contributed by atoms with Crippen molar-refractivity contribution in [2.75, 3.05) is 0 Å². The van der Waals surface area contributed by atoms with E-state index >= 15 is 0 Å². The molecule has 0 atom stereocenters. The molecule has 0 saturated heterocycles. The lowest BCUT2D eigenvalue weighted by molar-refractivity contribution is 0.140. The zero-order valence-electron chi connectivity index (χ0n) is 24.3. The minimum Gasteiger partial charge on any atom is -0.195 e. The van der Waals surface area contributed by atoms with E-state index in [1.54, 1.807) is 6.08 Å². The zero-order chi connectivity index (χ0) is 26.8. The van der Waals surface area contributed by atoms with Gasteiger partial charge in [-0.1, -0.05) is 108 Å². The Morgan fingerprint density at radius 3 is 1.84 bits per heavy atom. The van der Waals surface area contributed by atoms with Crippen LogP contribution in [0.15, 0.2) is 48.3 Å². The molecule has 2 saturated carbocycles. The molecule has 210 valence electrons. The summed E-state index contributed by atoms with van der Waals surface area (Å²) in [5.41, 5.74) is 3.05. The van der Waals surface area contributed by atoms with Gasteiger partial charge in [-0.3, -0.25) is 0 Å². The number of hydrogen-bond donors (Lipinski definition) is 0. The Labute approximate surface area is 234 Å². The molecule has 0 aliphatic heterocycles. The summed E-state index contributed by atoms with van der Waals surface area (Å²) in [6.45, 7) is 2.28. The van der Waals surface area contributed by atoms with Gasteiger partial charge in [0.05, 0.1) is 0 Å². The van der Waals surface area contributed by atoms with E-state index in [2.05, 4.69) is 31.2 Å². The average Bonchev–Trinajstić information content (AvgIpc) is 2.96. The number of aryl methyl sites for hydroxylation is 2. The van der Waals surface area contributed by atoms with E-state index < -0.39 is 5.83 Å². The highest BCUT2D eigenvalue weighted by atomic mass is 19.1. The van der Waals surface area contributed by atoms with Crippen LogP contribution >= 0.6 is 0 Å². The number of hydrogen-bond acceptors (Lipinski definition) is 1. The van der Waals surface area contributed by atoms with Crippen LogP contribution < -0.4 is 0 Å². The molecule has 2 fully saturated rings.